The van der Waals surface area contributed by atoms with Gasteiger partial charge in [-0.05, 0) is 54.5 Å². The second-order valence-corrected chi connectivity index (χ2v) is 11.2. The third-order valence-corrected chi connectivity index (χ3v) is 7.24. The summed E-state index contributed by atoms with van der Waals surface area (Å²) in [5.74, 6) is 0. The van der Waals surface area contributed by atoms with Crippen LogP contribution in [-0.2, 0) is 13.5 Å². The molecule has 3 heteroatoms. The van der Waals surface area contributed by atoms with Gasteiger partial charge in [-0.15, -0.1) is 0 Å². The Hall–Kier alpha value is -3.90. The Morgan fingerprint density at radius 2 is 1.58 bits per heavy atom. The molecule has 36 heavy (non-hydrogen) atoms. The predicted octanol–water partition coefficient (Wildman–Crippen LogP) is 8.81. The first-order valence-corrected chi connectivity index (χ1v) is 12.5. The summed E-state index contributed by atoms with van der Waals surface area (Å²) in [6.45, 7) is 21.2. The summed E-state index contributed by atoms with van der Waals surface area (Å²) in [7, 11) is 2.16. The maximum absolute atomic E-state index is 7.70. The molecule has 5 aromatic rings. The van der Waals surface area contributed by atoms with Crippen molar-refractivity contribution in [3.8, 4) is 22.4 Å². The van der Waals surface area contributed by atoms with Gasteiger partial charge in [0.25, 0.3) is 0 Å². The van der Waals surface area contributed by atoms with Crippen LogP contribution in [0, 0.1) is 32.8 Å². The summed E-state index contributed by atoms with van der Waals surface area (Å²) in [5, 5.41) is 2.03. The molecule has 0 amide bonds. The first-order chi connectivity index (χ1) is 17.1. The molecule has 3 aromatic carbocycles. The fourth-order valence-electron chi connectivity index (χ4n) is 5.33. The van der Waals surface area contributed by atoms with Crippen molar-refractivity contribution in [2.45, 2.75) is 48.0 Å². The molecule has 180 valence electrons. The lowest BCUT2D eigenvalue weighted by Crippen LogP contribution is -2.37. The largest absolute Gasteiger partial charge is 0.455 e. The van der Waals surface area contributed by atoms with E-state index >= 15 is 0 Å². The van der Waals surface area contributed by atoms with Crippen molar-refractivity contribution in [2.24, 2.45) is 12.5 Å². The quantitative estimate of drug-likeness (QED) is 0.189. The molecular weight excluding hydrogens is 440 g/mol. The summed E-state index contributed by atoms with van der Waals surface area (Å²) < 4.78 is 9.04. The average molecular weight is 474 g/mol. The summed E-state index contributed by atoms with van der Waals surface area (Å²) in [6, 6.07) is 20.7. The number of furan rings is 1. The number of benzene rings is 3. The number of nitrogens with zero attached hydrogens (tertiary/aromatic N) is 2. The highest BCUT2D eigenvalue weighted by Crippen LogP contribution is 2.43. The molecule has 5 rings (SSSR count). The molecule has 0 spiro atoms. The van der Waals surface area contributed by atoms with Crippen molar-refractivity contribution in [2.75, 3.05) is 0 Å². The van der Waals surface area contributed by atoms with E-state index in [1.807, 2.05) is 30.3 Å². The highest BCUT2D eigenvalue weighted by molar-refractivity contribution is 6.14. The van der Waals surface area contributed by atoms with E-state index in [0.717, 1.165) is 50.7 Å². The van der Waals surface area contributed by atoms with Gasteiger partial charge in [0.05, 0.1) is 12.1 Å². The number of hydrogen-bond donors (Lipinski definition) is 0. The predicted molar refractivity (Wildman–Crippen MR) is 149 cm³/mol. The Morgan fingerprint density at radius 1 is 0.861 bits per heavy atom. The minimum absolute atomic E-state index is 0.215. The van der Waals surface area contributed by atoms with Crippen LogP contribution in [0.2, 0.25) is 0 Å². The maximum atomic E-state index is 7.70. The normalized spacial score (nSPS) is 11.8. The molecule has 0 aliphatic heterocycles. The van der Waals surface area contributed by atoms with E-state index < -0.39 is 0 Å². The molecule has 0 aliphatic carbocycles. The smallest absolute Gasteiger partial charge is 0.216 e. The molecule has 0 radical (unpaired) electrons. The van der Waals surface area contributed by atoms with E-state index in [2.05, 4.69) is 88.3 Å². The van der Waals surface area contributed by atoms with E-state index in [9.17, 15) is 0 Å². The number of rotatable bonds is 3. The molecule has 0 unspecified atom stereocenters. The number of fused-ring (bicyclic) bond motifs is 3. The van der Waals surface area contributed by atoms with E-state index in [0.29, 0.717) is 5.69 Å². The first kappa shape index (κ1) is 23.8. The third-order valence-electron chi connectivity index (χ3n) is 7.24. The molecule has 0 atom stereocenters. The van der Waals surface area contributed by atoms with Gasteiger partial charge in [-0.1, -0.05) is 63.2 Å². The molecule has 0 fully saturated rings. The maximum Gasteiger partial charge on any atom is 0.216 e. The van der Waals surface area contributed by atoms with Crippen LogP contribution in [0.3, 0.4) is 0 Å². The van der Waals surface area contributed by atoms with Gasteiger partial charge in [-0.2, -0.15) is 4.57 Å². The van der Waals surface area contributed by atoms with E-state index in [4.69, 9.17) is 11.0 Å². The summed E-state index contributed by atoms with van der Waals surface area (Å²) in [6.07, 6.45) is 1.03. The molecule has 0 saturated carbocycles. The van der Waals surface area contributed by atoms with Crippen molar-refractivity contribution in [1.82, 2.24) is 0 Å². The first-order valence-electron chi connectivity index (χ1n) is 12.5. The number of aryl methyl sites for hydroxylation is 2. The lowest BCUT2D eigenvalue weighted by molar-refractivity contribution is -0.667. The molecule has 0 bridgehead atoms. The number of pyridine rings is 1. The minimum atomic E-state index is 0.215. The SMILES string of the molecule is [C-]#[N+]c1cc(-c2ccccc2)c2oc3c(-c4cc(C)c(CC(C)(C)C)c(C)[n+]4C)c(C)ccc3c2c1. The van der Waals surface area contributed by atoms with Crippen molar-refractivity contribution >= 4 is 27.6 Å². The van der Waals surface area contributed by atoms with Crippen LogP contribution in [0.15, 0.2) is 65.1 Å². The molecule has 0 aliphatic rings. The zero-order valence-electron chi connectivity index (χ0n) is 22.3. The second-order valence-electron chi connectivity index (χ2n) is 11.2. The van der Waals surface area contributed by atoms with Crippen molar-refractivity contribution in [1.29, 1.82) is 0 Å². The molecular formula is C33H33N2O+. The molecule has 2 aromatic heterocycles. The van der Waals surface area contributed by atoms with Gasteiger partial charge in [0.15, 0.2) is 11.4 Å². The van der Waals surface area contributed by atoms with Gasteiger partial charge in [-0.25, -0.2) is 4.85 Å². The fourth-order valence-corrected chi connectivity index (χ4v) is 5.33. The van der Waals surface area contributed by atoms with E-state index in [1.165, 1.54) is 22.4 Å². The molecule has 2 heterocycles. The molecule has 3 nitrogen and oxygen atoms in total. The number of aromatic nitrogens is 1. The van der Waals surface area contributed by atoms with E-state index in [-0.39, 0.29) is 5.41 Å². The van der Waals surface area contributed by atoms with Crippen LogP contribution in [0.4, 0.5) is 5.69 Å². The van der Waals surface area contributed by atoms with Crippen molar-refractivity contribution in [3.05, 3.63) is 94.5 Å². The monoisotopic (exact) mass is 473 g/mol. The van der Waals surface area contributed by atoms with Crippen LogP contribution in [0.25, 0.3) is 49.2 Å². The Labute approximate surface area is 213 Å². The summed E-state index contributed by atoms with van der Waals surface area (Å²) in [5.41, 5.74) is 12.0. The standard InChI is InChI=1S/C33H33N2O/c1-20-14-15-25-27-18-24(34-7)17-26(23-12-10-9-11-13-23)31(27)36-32(25)30(20)29-16-21(2)28(19-33(4,5)6)22(3)35(29)8/h9-18H,19H2,1-6,8H3/q+1. The van der Waals surface area contributed by atoms with Crippen molar-refractivity contribution in [3.63, 3.8) is 0 Å². The lowest BCUT2D eigenvalue weighted by Gasteiger charge is -2.21. The molecule has 0 N–H and O–H groups in total. The fraction of sp³-hybridized carbons (Fsp3) is 0.273. The van der Waals surface area contributed by atoms with Gasteiger partial charge >= 0.3 is 0 Å². The van der Waals surface area contributed by atoms with Gasteiger partial charge in [0.1, 0.15) is 18.2 Å². The van der Waals surface area contributed by atoms with Crippen LogP contribution < -0.4 is 4.57 Å². The highest BCUT2D eigenvalue weighted by atomic mass is 16.3. The highest BCUT2D eigenvalue weighted by Gasteiger charge is 2.27. The summed E-state index contributed by atoms with van der Waals surface area (Å²) >= 11 is 0. The Morgan fingerprint density at radius 3 is 2.25 bits per heavy atom. The van der Waals surface area contributed by atoms with Gasteiger partial charge in [0, 0.05) is 34.9 Å². The van der Waals surface area contributed by atoms with E-state index in [1.54, 1.807) is 0 Å². The zero-order chi connectivity index (χ0) is 25.8. The zero-order valence-corrected chi connectivity index (χ0v) is 22.3. The summed E-state index contributed by atoms with van der Waals surface area (Å²) in [4.78, 5) is 3.77. The average Bonchev–Trinajstić information content (AvgIpc) is 3.22. The van der Waals surface area contributed by atoms with Crippen molar-refractivity contribution < 1.29 is 8.98 Å². The number of hydrogen-bond acceptors (Lipinski definition) is 1. The third kappa shape index (κ3) is 3.97. The van der Waals surface area contributed by atoms with Crippen LogP contribution in [0.1, 0.15) is 43.2 Å². The lowest BCUT2D eigenvalue weighted by atomic mass is 9.85. The van der Waals surface area contributed by atoms with Gasteiger partial charge < -0.3 is 4.42 Å². The Kier molecular flexibility index (Phi) is 5.72. The van der Waals surface area contributed by atoms with Gasteiger partial charge in [0.2, 0.25) is 5.69 Å². The second kappa shape index (κ2) is 8.64. The van der Waals surface area contributed by atoms with Crippen LogP contribution in [0.5, 0.6) is 0 Å². The van der Waals surface area contributed by atoms with Crippen LogP contribution >= 0.6 is 0 Å². The Balaban J connectivity index is 1.84. The Bertz CT molecular complexity index is 1680. The molecule has 0 saturated heterocycles. The topological polar surface area (TPSA) is 21.4 Å². The van der Waals surface area contributed by atoms with Gasteiger partial charge in [-0.3, -0.25) is 0 Å². The van der Waals surface area contributed by atoms with Crippen LogP contribution in [-0.4, -0.2) is 0 Å². The minimum Gasteiger partial charge on any atom is -0.455 e.